The van der Waals surface area contributed by atoms with Gasteiger partial charge in [0.2, 0.25) is 0 Å². The van der Waals surface area contributed by atoms with Crippen LogP contribution in [0.3, 0.4) is 0 Å². The number of anilines is 1. The molecule has 0 amide bonds. The van der Waals surface area contributed by atoms with Crippen LogP contribution in [0.25, 0.3) is 31.0 Å². The predicted octanol–water partition coefficient (Wildman–Crippen LogP) is 7.62. The molecule has 0 bridgehead atoms. The highest BCUT2D eigenvalue weighted by Gasteiger charge is 2.54. The van der Waals surface area contributed by atoms with Crippen LogP contribution in [0.4, 0.5) is 5.00 Å². The number of fused-ring (bicyclic) bond motifs is 2. The van der Waals surface area contributed by atoms with E-state index in [2.05, 4.69) is 103 Å². The number of rotatable bonds is 4. The Kier molecular flexibility index (Phi) is 3.84. The van der Waals surface area contributed by atoms with Crippen LogP contribution in [0, 0.1) is 5.92 Å². The van der Waals surface area contributed by atoms with Crippen LogP contribution in [0.5, 0.6) is 0 Å². The van der Waals surface area contributed by atoms with Crippen molar-refractivity contribution in [2.24, 2.45) is 5.92 Å². The summed E-state index contributed by atoms with van der Waals surface area (Å²) in [6.07, 6.45) is 10.3. The molecule has 0 saturated heterocycles. The van der Waals surface area contributed by atoms with Gasteiger partial charge in [0, 0.05) is 27.6 Å². The molecule has 2 unspecified atom stereocenters. The zero-order valence-electron chi connectivity index (χ0n) is 16.2. The van der Waals surface area contributed by atoms with Crippen molar-refractivity contribution >= 4 is 38.4 Å². The maximum atomic E-state index is 2.48. The third kappa shape index (κ3) is 2.72. The van der Waals surface area contributed by atoms with Crippen molar-refractivity contribution < 1.29 is 0 Å². The Morgan fingerprint density at radius 1 is 0.828 bits per heavy atom. The Morgan fingerprint density at radius 3 is 2.55 bits per heavy atom. The van der Waals surface area contributed by atoms with E-state index in [0.29, 0.717) is 5.92 Å². The van der Waals surface area contributed by atoms with E-state index < -0.39 is 0 Å². The fourth-order valence-corrected chi connectivity index (χ4v) is 6.73. The van der Waals surface area contributed by atoms with Crippen LogP contribution in [0.1, 0.15) is 6.42 Å². The highest BCUT2D eigenvalue weighted by molar-refractivity contribution is 7.25. The molecule has 2 aliphatic carbocycles. The van der Waals surface area contributed by atoms with E-state index in [1.54, 1.807) is 0 Å². The zero-order chi connectivity index (χ0) is 19.4. The highest BCUT2D eigenvalue weighted by Crippen LogP contribution is 2.54. The SMILES string of the molecule is CN(c1ccc(-c2ccc(-c3cccc4ccccc34)s2)s1)C12C=CC=CC1C2. The molecule has 1 fully saturated rings. The first kappa shape index (κ1) is 17.3. The van der Waals surface area contributed by atoms with E-state index in [1.807, 2.05) is 22.7 Å². The van der Waals surface area contributed by atoms with E-state index >= 15 is 0 Å². The van der Waals surface area contributed by atoms with Crippen molar-refractivity contribution in [1.82, 2.24) is 0 Å². The molecule has 2 aliphatic rings. The Hall–Kier alpha value is -2.62. The lowest BCUT2D eigenvalue weighted by molar-refractivity contribution is 0.725. The van der Waals surface area contributed by atoms with Gasteiger partial charge in [0.15, 0.2) is 0 Å². The van der Waals surface area contributed by atoms with Gasteiger partial charge in [0.1, 0.15) is 0 Å². The second-order valence-electron chi connectivity index (χ2n) is 7.93. The third-order valence-electron chi connectivity index (χ3n) is 6.32. The second kappa shape index (κ2) is 6.45. The molecule has 2 aromatic carbocycles. The molecular weight excluding hydrogens is 390 g/mol. The topological polar surface area (TPSA) is 3.24 Å². The first-order valence-electron chi connectivity index (χ1n) is 10.0. The number of hydrogen-bond acceptors (Lipinski definition) is 3. The number of hydrogen-bond donors (Lipinski definition) is 0. The molecule has 2 atom stereocenters. The molecule has 4 aromatic rings. The quantitative estimate of drug-likeness (QED) is 0.334. The average molecular weight is 412 g/mol. The molecule has 0 N–H and O–H groups in total. The molecule has 1 saturated carbocycles. The Labute approximate surface area is 179 Å². The largest absolute Gasteiger partial charge is 0.357 e. The Balaban J connectivity index is 1.32. The molecule has 0 spiro atoms. The maximum absolute atomic E-state index is 2.48. The van der Waals surface area contributed by atoms with E-state index in [1.165, 1.54) is 42.4 Å². The van der Waals surface area contributed by atoms with Crippen LogP contribution in [-0.4, -0.2) is 12.6 Å². The van der Waals surface area contributed by atoms with Crippen molar-refractivity contribution in [3.8, 4) is 20.2 Å². The standard InChI is InChI=1S/C26H21NS2/c1-27(26-16-5-4-9-19(26)17-26)25-15-14-24(29-25)23-13-12-22(28-23)21-11-6-8-18-7-2-3-10-20(18)21/h2-16,19H,17H2,1H3. The minimum Gasteiger partial charge on any atom is -0.357 e. The number of thiophene rings is 2. The summed E-state index contributed by atoms with van der Waals surface area (Å²) in [6, 6.07) is 24.3. The van der Waals surface area contributed by atoms with Gasteiger partial charge in [-0.15, -0.1) is 22.7 Å². The van der Waals surface area contributed by atoms with Gasteiger partial charge in [-0.1, -0.05) is 66.8 Å². The lowest BCUT2D eigenvalue weighted by atomic mass is 10.0. The van der Waals surface area contributed by atoms with E-state index in [9.17, 15) is 0 Å². The van der Waals surface area contributed by atoms with Crippen LogP contribution in [0.2, 0.25) is 0 Å². The minimum absolute atomic E-state index is 0.209. The molecule has 2 aromatic heterocycles. The first-order valence-corrected chi connectivity index (χ1v) is 11.7. The summed E-state index contributed by atoms with van der Waals surface area (Å²) in [5, 5.41) is 3.97. The molecule has 2 heterocycles. The van der Waals surface area contributed by atoms with Gasteiger partial charge in [-0.2, -0.15) is 0 Å². The third-order valence-corrected chi connectivity index (χ3v) is 8.80. The van der Waals surface area contributed by atoms with Gasteiger partial charge >= 0.3 is 0 Å². The van der Waals surface area contributed by atoms with Crippen LogP contribution < -0.4 is 4.90 Å². The molecule has 3 heteroatoms. The molecule has 6 rings (SSSR count). The predicted molar refractivity (Wildman–Crippen MR) is 128 cm³/mol. The number of allylic oxidation sites excluding steroid dienone is 2. The van der Waals surface area contributed by atoms with Crippen LogP contribution in [-0.2, 0) is 0 Å². The molecule has 1 nitrogen and oxygen atoms in total. The normalized spacial score (nSPS) is 22.0. The van der Waals surface area contributed by atoms with Crippen molar-refractivity contribution in [1.29, 1.82) is 0 Å². The van der Waals surface area contributed by atoms with Gasteiger partial charge in [0.25, 0.3) is 0 Å². The van der Waals surface area contributed by atoms with Gasteiger partial charge < -0.3 is 4.90 Å². The summed E-state index contributed by atoms with van der Waals surface area (Å²) >= 11 is 3.79. The van der Waals surface area contributed by atoms with Crippen molar-refractivity contribution in [3.63, 3.8) is 0 Å². The van der Waals surface area contributed by atoms with Crippen LogP contribution in [0.15, 0.2) is 91.0 Å². The summed E-state index contributed by atoms with van der Waals surface area (Å²) in [6.45, 7) is 0. The van der Waals surface area contributed by atoms with Crippen molar-refractivity contribution in [2.75, 3.05) is 11.9 Å². The summed E-state index contributed by atoms with van der Waals surface area (Å²) < 4.78 is 0. The van der Waals surface area contributed by atoms with E-state index in [0.717, 1.165) is 0 Å². The molecule has 0 aliphatic heterocycles. The fourth-order valence-electron chi connectivity index (χ4n) is 4.54. The summed E-state index contributed by atoms with van der Waals surface area (Å²) in [4.78, 5) is 6.51. The van der Waals surface area contributed by atoms with Crippen LogP contribution >= 0.6 is 22.7 Å². The summed E-state index contributed by atoms with van der Waals surface area (Å²) in [5.74, 6) is 0.669. The molecular formula is C26H21NS2. The van der Waals surface area contributed by atoms with Gasteiger partial charge in [-0.3, -0.25) is 0 Å². The smallest absolute Gasteiger partial charge is 0.0919 e. The summed E-state index contributed by atoms with van der Waals surface area (Å²) in [5.41, 5.74) is 1.53. The number of benzene rings is 2. The second-order valence-corrected chi connectivity index (χ2v) is 10.1. The molecule has 0 radical (unpaired) electrons. The minimum atomic E-state index is 0.209. The Bertz CT molecular complexity index is 1270. The number of nitrogens with zero attached hydrogens (tertiary/aromatic N) is 1. The molecule has 29 heavy (non-hydrogen) atoms. The maximum Gasteiger partial charge on any atom is 0.0919 e. The highest BCUT2D eigenvalue weighted by atomic mass is 32.1. The monoisotopic (exact) mass is 411 g/mol. The first-order chi connectivity index (χ1) is 14.2. The Morgan fingerprint density at radius 2 is 1.62 bits per heavy atom. The van der Waals surface area contributed by atoms with Gasteiger partial charge in [-0.25, -0.2) is 0 Å². The van der Waals surface area contributed by atoms with Crippen molar-refractivity contribution in [3.05, 3.63) is 91.0 Å². The van der Waals surface area contributed by atoms with Crippen molar-refractivity contribution in [2.45, 2.75) is 12.0 Å². The fraction of sp³-hybridized carbons (Fsp3) is 0.154. The lowest BCUT2D eigenvalue weighted by Crippen LogP contribution is -2.33. The summed E-state index contributed by atoms with van der Waals surface area (Å²) in [7, 11) is 2.25. The average Bonchev–Trinajstić information content (AvgIpc) is 3.08. The van der Waals surface area contributed by atoms with Gasteiger partial charge in [0.05, 0.1) is 10.5 Å². The lowest BCUT2D eigenvalue weighted by Gasteiger charge is -2.28. The van der Waals surface area contributed by atoms with E-state index in [-0.39, 0.29) is 5.54 Å². The zero-order valence-corrected chi connectivity index (χ0v) is 17.8. The van der Waals surface area contributed by atoms with Gasteiger partial charge in [-0.05, 0) is 47.0 Å². The molecule has 142 valence electrons. The van der Waals surface area contributed by atoms with E-state index in [4.69, 9.17) is 0 Å². The number of likely N-dealkylation sites (N-methyl/N-ethyl adjacent to an activating group) is 1.